The Bertz CT molecular complexity index is 443. The van der Waals surface area contributed by atoms with Crippen LogP contribution in [0.1, 0.15) is 34.1 Å². The fourth-order valence-corrected chi connectivity index (χ4v) is 3.85. The fourth-order valence-electron chi connectivity index (χ4n) is 3.85. The molecule has 0 radical (unpaired) electrons. The highest BCUT2D eigenvalue weighted by Crippen LogP contribution is 2.23. The van der Waals surface area contributed by atoms with Gasteiger partial charge in [-0.25, -0.2) is 6.57 Å². The minimum atomic E-state index is 0.0700. The number of likely N-dealkylation sites (tertiary alicyclic amines) is 1. The van der Waals surface area contributed by atoms with Crippen molar-refractivity contribution in [3.63, 3.8) is 0 Å². The third kappa shape index (κ3) is 4.68. The average molecular weight is 320 g/mol. The summed E-state index contributed by atoms with van der Waals surface area (Å²) in [5, 5.41) is 0. The Morgan fingerprint density at radius 3 is 2.48 bits per heavy atom. The van der Waals surface area contributed by atoms with Gasteiger partial charge in [-0.2, -0.15) is 0 Å². The third-order valence-electron chi connectivity index (χ3n) is 5.07. The van der Waals surface area contributed by atoms with Gasteiger partial charge in [0.1, 0.15) is 6.04 Å². The van der Waals surface area contributed by atoms with Crippen LogP contribution >= 0.6 is 0 Å². The molecule has 0 bridgehead atoms. The molecule has 0 N–H and O–H groups in total. The van der Waals surface area contributed by atoms with Crippen molar-refractivity contribution in [2.45, 2.75) is 46.2 Å². The average Bonchev–Trinajstić information content (AvgIpc) is 2.96. The molecule has 5 nitrogen and oxygen atoms in total. The second kappa shape index (κ2) is 8.12. The molecule has 2 fully saturated rings. The van der Waals surface area contributed by atoms with E-state index in [1.807, 2.05) is 4.90 Å². The van der Waals surface area contributed by atoms with Crippen molar-refractivity contribution in [1.82, 2.24) is 14.7 Å². The predicted molar refractivity (Wildman–Crippen MR) is 93.1 cm³/mol. The van der Waals surface area contributed by atoms with Gasteiger partial charge in [-0.05, 0) is 32.7 Å². The number of amides is 1. The lowest BCUT2D eigenvalue weighted by Gasteiger charge is -2.41. The number of nitrogens with zero attached hydrogens (tertiary/aromatic N) is 4. The smallest absolute Gasteiger partial charge is 0.236 e. The molecular formula is C18H32N4O. The van der Waals surface area contributed by atoms with Gasteiger partial charge in [0.05, 0.1) is 5.92 Å². The molecule has 2 rings (SSSR count). The van der Waals surface area contributed by atoms with E-state index in [-0.39, 0.29) is 17.9 Å². The van der Waals surface area contributed by atoms with Crippen LogP contribution in [-0.2, 0) is 4.79 Å². The van der Waals surface area contributed by atoms with Crippen LogP contribution in [-0.4, -0.2) is 78.5 Å². The molecule has 0 aromatic heterocycles. The zero-order chi connectivity index (χ0) is 17.0. The van der Waals surface area contributed by atoms with Crippen LogP contribution in [0, 0.1) is 18.4 Å². The summed E-state index contributed by atoms with van der Waals surface area (Å²) >= 11 is 0. The van der Waals surface area contributed by atoms with E-state index in [1.165, 1.54) is 0 Å². The van der Waals surface area contributed by atoms with Crippen LogP contribution < -0.4 is 0 Å². The normalized spacial score (nSPS) is 26.9. The van der Waals surface area contributed by atoms with Gasteiger partial charge >= 0.3 is 0 Å². The zero-order valence-corrected chi connectivity index (χ0v) is 15.2. The van der Waals surface area contributed by atoms with Crippen LogP contribution in [0.15, 0.2) is 0 Å². The lowest BCUT2D eigenvalue weighted by Crippen LogP contribution is -2.58. The summed E-state index contributed by atoms with van der Waals surface area (Å²) in [6, 6.07) is 0.579. The topological polar surface area (TPSA) is 31.1 Å². The monoisotopic (exact) mass is 320 g/mol. The number of carbonyl (C=O) groups is 1. The van der Waals surface area contributed by atoms with E-state index in [1.54, 1.807) is 0 Å². The number of carbonyl (C=O) groups excluding carboxylic acids is 1. The Balaban J connectivity index is 1.97. The summed E-state index contributed by atoms with van der Waals surface area (Å²) in [4.78, 5) is 23.4. The van der Waals surface area contributed by atoms with Crippen molar-refractivity contribution >= 4 is 5.91 Å². The maximum absolute atomic E-state index is 13.0. The first-order valence-electron chi connectivity index (χ1n) is 9.02. The van der Waals surface area contributed by atoms with Gasteiger partial charge < -0.3 is 14.6 Å². The first-order valence-corrected chi connectivity index (χ1v) is 9.02. The van der Waals surface area contributed by atoms with Crippen molar-refractivity contribution in [3.05, 3.63) is 11.4 Å². The molecule has 0 unspecified atom stereocenters. The molecule has 2 saturated heterocycles. The van der Waals surface area contributed by atoms with Crippen molar-refractivity contribution in [2.75, 3.05) is 45.8 Å². The molecule has 0 saturated carbocycles. The summed E-state index contributed by atoms with van der Waals surface area (Å²) < 4.78 is 0. The largest absolute Gasteiger partial charge is 0.329 e. The van der Waals surface area contributed by atoms with Crippen LogP contribution in [0.2, 0.25) is 0 Å². The Labute approximate surface area is 141 Å². The number of hydrogen-bond donors (Lipinski definition) is 0. The third-order valence-corrected chi connectivity index (χ3v) is 5.07. The summed E-state index contributed by atoms with van der Waals surface area (Å²) in [6.45, 7) is 22.0. The molecular weight excluding hydrogens is 288 g/mol. The summed E-state index contributed by atoms with van der Waals surface area (Å²) in [7, 11) is 0. The molecule has 0 aliphatic carbocycles. The summed E-state index contributed by atoms with van der Waals surface area (Å²) in [5.74, 6) is 1.04. The van der Waals surface area contributed by atoms with Crippen LogP contribution in [0.4, 0.5) is 0 Å². The number of hydrogen-bond acceptors (Lipinski definition) is 3. The van der Waals surface area contributed by atoms with Crippen molar-refractivity contribution in [1.29, 1.82) is 0 Å². The van der Waals surface area contributed by atoms with Crippen molar-refractivity contribution in [3.8, 4) is 0 Å². The number of rotatable bonds is 5. The molecule has 5 heteroatoms. The van der Waals surface area contributed by atoms with Crippen LogP contribution in [0.3, 0.4) is 0 Å². The highest BCUT2D eigenvalue weighted by molar-refractivity contribution is 5.80. The molecule has 0 spiro atoms. The van der Waals surface area contributed by atoms with Crippen LogP contribution in [0.5, 0.6) is 0 Å². The molecule has 2 aliphatic heterocycles. The maximum Gasteiger partial charge on any atom is 0.236 e. The van der Waals surface area contributed by atoms with Gasteiger partial charge in [-0.1, -0.05) is 13.8 Å². The van der Waals surface area contributed by atoms with E-state index in [9.17, 15) is 4.79 Å². The zero-order valence-electron chi connectivity index (χ0n) is 15.2. The lowest BCUT2D eigenvalue weighted by atomic mass is 10.0. The first kappa shape index (κ1) is 18.2. The van der Waals surface area contributed by atoms with Gasteiger partial charge in [-0.3, -0.25) is 9.69 Å². The van der Waals surface area contributed by atoms with Gasteiger partial charge in [-0.15, -0.1) is 0 Å². The summed E-state index contributed by atoms with van der Waals surface area (Å²) in [6.07, 6.45) is 0.966. The molecule has 23 heavy (non-hydrogen) atoms. The molecule has 2 aliphatic rings. The molecule has 130 valence electrons. The Kier molecular flexibility index (Phi) is 6.43. The fraction of sp³-hybridized carbons (Fsp3) is 0.889. The molecule has 2 heterocycles. The van der Waals surface area contributed by atoms with Crippen molar-refractivity contribution in [2.24, 2.45) is 11.8 Å². The second-order valence-electron chi connectivity index (χ2n) is 7.75. The number of piperazine rings is 1. The van der Waals surface area contributed by atoms with E-state index in [0.29, 0.717) is 18.5 Å². The SMILES string of the molecule is [C-]#[N+]C[C@H]1CN(CC(C)C)CCN1C(=O)[C@@H]1CCN(C(C)C)C1. The van der Waals surface area contributed by atoms with Gasteiger partial charge in [0.15, 0.2) is 0 Å². The van der Waals surface area contributed by atoms with E-state index in [0.717, 1.165) is 45.7 Å². The van der Waals surface area contributed by atoms with E-state index in [2.05, 4.69) is 42.3 Å². The minimum Gasteiger partial charge on any atom is -0.329 e. The highest BCUT2D eigenvalue weighted by Gasteiger charge is 2.38. The summed E-state index contributed by atoms with van der Waals surface area (Å²) in [5.41, 5.74) is 0. The predicted octanol–water partition coefficient (Wildman–Crippen LogP) is 1.80. The first-order chi connectivity index (χ1) is 10.9. The highest BCUT2D eigenvalue weighted by atomic mass is 16.2. The Hall–Kier alpha value is -1.12. The lowest BCUT2D eigenvalue weighted by molar-refractivity contribution is -0.139. The molecule has 2 atom stereocenters. The molecule has 0 aromatic carbocycles. The van der Waals surface area contributed by atoms with Crippen molar-refractivity contribution < 1.29 is 4.79 Å². The van der Waals surface area contributed by atoms with Crippen LogP contribution in [0.25, 0.3) is 4.85 Å². The second-order valence-corrected chi connectivity index (χ2v) is 7.75. The quantitative estimate of drug-likeness (QED) is 0.724. The van der Waals surface area contributed by atoms with Gasteiger partial charge in [0.2, 0.25) is 12.5 Å². The minimum absolute atomic E-state index is 0.0700. The van der Waals surface area contributed by atoms with Gasteiger partial charge in [0.25, 0.3) is 0 Å². The molecule has 1 amide bonds. The maximum atomic E-state index is 13.0. The molecule has 0 aromatic rings. The van der Waals surface area contributed by atoms with E-state index in [4.69, 9.17) is 6.57 Å². The van der Waals surface area contributed by atoms with E-state index < -0.39 is 0 Å². The van der Waals surface area contributed by atoms with E-state index >= 15 is 0 Å². The standard InChI is InChI=1S/C18H32N4O/c1-14(2)11-20-8-9-22(17(13-20)10-19-5)18(23)16-6-7-21(12-16)15(3)4/h14-17H,6-13H2,1-4H3/t16-,17+/m1/s1. The Morgan fingerprint density at radius 1 is 1.17 bits per heavy atom. The Morgan fingerprint density at radius 2 is 1.91 bits per heavy atom. The van der Waals surface area contributed by atoms with Gasteiger partial charge in [0, 0.05) is 38.8 Å².